The van der Waals surface area contributed by atoms with Crippen molar-refractivity contribution in [1.29, 1.82) is 0 Å². The maximum Gasteiger partial charge on any atom is 0.248 e. The number of aliphatic hydroxyl groups is 1. The first-order valence-corrected chi connectivity index (χ1v) is 7.06. The van der Waals surface area contributed by atoms with E-state index in [1.54, 1.807) is 24.3 Å². The van der Waals surface area contributed by atoms with Crippen LogP contribution < -0.4 is 10.1 Å². The minimum Gasteiger partial charge on any atom is -0.494 e. The molecule has 0 aliphatic carbocycles. The summed E-state index contributed by atoms with van der Waals surface area (Å²) in [5, 5.41) is 11.9. The maximum absolute atomic E-state index is 13.3. The van der Waals surface area contributed by atoms with Crippen LogP contribution in [0.4, 0.5) is 10.1 Å². The van der Waals surface area contributed by atoms with E-state index in [-0.39, 0.29) is 18.3 Å². The molecule has 0 aromatic heterocycles. The van der Waals surface area contributed by atoms with Crippen molar-refractivity contribution in [3.63, 3.8) is 0 Å². The van der Waals surface area contributed by atoms with Crippen molar-refractivity contribution in [2.45, 2.75) is 13.5 Å². The fourth-order valence-corrected chi connectivity index (χ4v) is 2.03. The number of benzene rings is 2. The van der Waals surface area contributed by atoms with Crippen molar-refractivity contribution in [3.8, 4) is 5.75 Å². The number of methoxy groups -OCH3 is 1. The molecule has 2 aromatic rings. The predicted molar refractivity (Wildman–Crippen MR) is 87.7 cm³/mol. The summed E-state index contributed by atoms with van der Waals surface area (Å²) in [6.45, 7) is 1.78. The Morgan fingerprint density at radius 2 is 2.09 bits per heavy atom. The van der Waals surface area contributed by atoms with Gasteiger partial charge in [0, 0.05) is 11.8 Å². The van der Waals surface area contributed by atoms with Crippen LogP contribution in [0.1, 0.15) is 16.7 Å². The number of aryl methyl sites for hydroxylation is 1. The van der Waals surface area contributed by atoms with Gasteiger partial charge in [0.25, 0.3) is 0 Å². The molecular weight excluding hydrogens is 297 g/mol. The van der Waals surface area contributed by atoms with E-state index < -0.39 is 5.82 Å². The van der Waals surface area contributed by atoms with Crippen molar-refractivity contribution in [3.05, 3.63) is 65.0 Å². The quantitative estimate of drug-likeness (QED) is 0.833. The van der Waals surface area contributed by atoms with Crippen LogP contribution in [-0.2, 0) is 11.4 Å². The second-order valence-electron chi connectivity index (χ2n) is 5.02. The van der Waals surface area contributed by atoms with Crippen LogP contribution in [0.15, 0.2) is 42.5 Å². The van der Waals surface area contributed by atoms with Gasteiger partial charge in [-0.25, -0.2) is 4.39 Å². The zero-order valence-electron chi connectivity index (χ0n) is 13.0. The third-order valence-corrected chi connectivity index (χ3v) is 3.34. The molecule has 4 nitrogen and oxygen atoms in total. The highest BCUT2D eigenvalue weighted by molar-refractivity contribution is 6.02. The first-order valence-electron chi connectivity index (χ1n) is 7.06. The lowest BCUT2D eigenvalue weighted by Gasteiger charge is -2.08. The normalized spacial score (nSPS) is 10.8. The lowest BCUT2D eigenvalue weighted by molar-refractivity contribution is -0.111. The summed E-state index contributed by atoms with van der Waals surface area (Å²) < 4.78 is 18.2. The van der Waals surface area contributed by atoms with Gasteiger partial charge in [0.15, 0.2) is 11.6 Å². The van der Waals surface area contributed by atoms with E-state index >= 15 is 0 Å². The van der Waals surface area contributed by atoms with E-state index in [0.29, 0.717) is 11.3 Å². The van der Waals surface area contributed by atoms with Gasteiger partial charge in [-0.2, -0.15) is 0 Å². The molecule has 23 heavy (non-hydrogen) atoms. The number of amides is 1. The summed E-state index contributed by atoms with van der Waals surface area (Å²) in [7, 11) is 1.38. The van der Waals surface area contributed by atoms with Gasteiger partial charge >= 0.3 is 0 Å². The molecular formula is C18H18FNO3. The Kier molecular flexibility index (Phi) is 5.49. The molecule has 2 rings (SSSR count). The molecule has 0 unspecified atom stereocenters. The van der Waals surface area contributed by atoms with Crippen molar-refractivity contribution in [2.75, 3.05) is 12.4 Å². The standard InChI is InChI=1S/C18H18FNO3/c1-12-3-4-14(11-21)9-16(12)20-18(22)8-6-13-5-7-15(19)17(10-13)23-2/h3-10,21H,11H2,1-2H3,(H,20,22)/b8-6+. The van der Waals surface area contributed by atoms with Crippen LogP contribution in [0.5, 0.6) is 5.75 Å². The summed E-state index contributed by atoms with van der Waals surface area (Å²) in [5.41, 5.74) is 2.91. The number of hydrogen-bond donors (Lipinski definition) is 2. The van der Waals surface area contributed by atoms with E-state index in [0.717, 1.165) is 11.1 Å². The number of halogens is 1. The van der Waals surface area contributed by atoms with Gasteiger partial charge < -0.3 is 15.2 Å². The van der Waals surface area contributed by atoms with Crippen molar-refractivity contribution in [2.24, 2.45) is 0 Å². The van der Waals surface area contributed by atoms with Gasteiger partial charge in [-0.05, 0) is 47.9 Å². The van der Waals surface area contributed by atoms with E-state index in [2.05, 4.69) is 5.32 Å². The smallest absolute Gasteiger partial charge is 0.248 e. The fourth-order valence-electron chi connectivity index (χ4n) is 2.03. The molecule has 120 valence electrons. The van der Waals surface area contributed by atoms with E-state index in [4.69, 9.17) is 9.84 Å². The lowest BCUT2D eigenvalue weighted by atomic mass is 10.1. The van der Waals surface area contributed by atoms with Crippen molar-refractivity contribution in [1.82, 2.24) is 0 Å². The summed E-state index contributed by atoms with van der Waals surface area (Å²) in [6, 6.07) is 9.70. The highest BCUT2D eigenvalue weighted by Gasteiger charge is 2.04. The molecule has 0 aliphatic rings. The highest BCUT2D eigenvalue weighted by atomic mass is 19.1. The maximum atomic E-state index is 13.3. The Balaban J connectivity index is 2.10. The van der Waals surface area contributed by atoms with E-state index in [1.165, 1.54) is 25.3 Å². The summed E-state index contributed by atoms with van der Waals surface area (Å²) in [5.74, 6) is -0.643. The Morgan fingerprint density at radius 3 is 2.78 bits per heavy atom. The van der Waals surface area contributed by atoms with Crippen molar-refractivity contribution >= 4 is 17.7 Å². The Hall–Kier alpha value is -2.66. The number of rotatable bonds is 5. The molecule has 0 saturated heterocycles. The molecule has 0 saturated carbocycles. The van der Waals surface area contributed by atoms with Crippen LogP contribution in [0, 0.1) is 12.7 Å². The van der Waals surface area contributed by atoms with Crippen LogP contribution in [0.2, 0.25) is 0 Å². The number of anilines is 1. The van der Waals surface area contributed by atoms with Gasteiger partial charge in [0.1, 0.15) is 0 Å². The zero-order valence-corrected chi connectivity index (χ0v) is 13.0. The summed E-state index contributed by atoms with van der Waals surface area (Å²) in [6.07, 6.45) is 2.93. The minimum absolute atomic E-state index is 0.0889. The number of carbonyl (C=O) groups excluding carboxylic acids is 1. The first kappa shape index (κ1) is 16.7. The van der Waals surface area contributed by atoms with Crippen LogP contribution in [0.3, 0.4) is 0 Å². The fraction of sp³-hybridized carbons (Fsp3) is 0.167. The number of aliphatic hydroxyl groups excluding tert-OH is 1. The molecule has 0 fully saturated rings. The van der Waals surface area contributed by atoms with Crippen LogP contribution in [-0.4, -0.2) is 18.1 Å². The van der Waals surface area contributed by atoms with Gasteiger partial charge in [-0.1, -0.05) is 18.2 Å². The molecule has 0 spiro atoms. The third-order valence-electron chi connectivity index (χ3n) is 3.34. The summed E-state index contributed by atoms with van der Waals surface area (Å²) in [4.78, 5) is 12.0. The summed E-state index contributed by atoms with van der Waals surface area (Å²) >= 11 is 0. The number of nitrogens with one attached hydrogen (secondary N) is 1. The second kappa shape index (κ2) is 7.56. The molecule has 0 atom stereocenters. The molecule has 5 heteroatoms. The van der Waals surface area contributed by atoms with Crippen LogP contribution in [0.25, 0.3) is 6.08 Å². The molecule has 1 amide bonds. The van der Waals surface area contributed by atoms with Gasteiger partial charge in [-0.15, -0.1) is 0 Å². The molecule has 0 bridgehead atoms. The Labute approximate surface area is 134 Å². The van der Waals surface area contributed by atoms with Gasteiger partial charge in [0.05, 0.1) is 13.7 Å². The Bertz CT molecular complexity index is 741. The van der Waals surface area contributed by atoms with Crippen molar-refractivity contribution < 1.29 is 19.0 Å². The molecule has 2 N–H and O–H groups in total. The average molecular weight is 315 g/mol. The molecule has 0 heterocycles. The second-order valence-corrected chi connectivity index (χ2v) is 5.02. The molecule has 0 radical (unpaired) electrons. The van der Waals surface area contributed by atoms with E-state index in [9.17, 15) is 9.18 Å². The lowest BCUT2D eigenvalue weighted by Crippen LogP contribution is -2.09. The highest BCUT2D eigenvalue weighted by Crippen LogP contribution is 2.20. The molecule has 2 aromatic carbocycles. The SMILES string of the molecule is COc1cc(/C=C/C(=O)Nc2cc(CO)ccc2C)ccc1F. The van der Waals surface area contributed by atoms with E-state index in [1.807, 2.05) is 13.0 Å². The monoisotopic (exact) mass is 315 g/mol. The van der Waals surface area contributed by atoms with Gasteiger partial charge in [-0.3, -0.25) is 4.79 Å². The first-order chi connectivity index (χ1) is 11.0. The predicted octanol–water partition coefficient (Wildman–Crippen LogP) is 3.29. The van der Waals surface area contributed by atoms with Crippen LogP contribution >= 0.6 is 0 Å². The number of carbonyl (C=O) groups is 1. The molecule has 0 aliphatic heterocycles. The number of ether oxygens (including phenoxy) is 1. The number of hydrogen-bond acceptors (Lipinski definition) is 3. The topological polar surface area (TPSA) is 58.6 Å². The minimum atomic E-state index is -0.453. The zero-order chi connectivity index (χ0) is 16.8. The Morgan fingerprint density at radius 1 is 1.30 bits per heavy atom. The largest absolute Gasteiger partial charge is 0.494 e. The average Bonchev–Trinajstić information content (AvgIpc) is 2.56. The van der Waals surface area contributed by atoms with Gasteiger partial charge in [0.2, 0.25) is 5.91 Å². The third kappa shape index (κ3) is 4.40.